The number of rotatable bonds is 6. The molecule has 54 heavy (non-hydrogen) atoms. The second-order valence-electron chi connectivity index (χ2n) is 13.3. The molecule has 0 spiro atoms. The SMILES string of the molecule is Cc1ccc(-c2ccc3c4ccccc4n(-c4ccc(-c5cccc(C(F)(F)F)c5)c(-c5nc(-c6ccccc6)nc(-c6ccccc6)n5)c4)c3c2)cc1. The first-order valence-corrected chi connectivity index (χ1v) is 17.6. The van der Waals surface area contributed by atoms with Gasteiger partial charge in [-0.3, -0.25) is 0 Å². The first-order valence-electron chi connectivity index (χ1n) is 17.6. The van der Waals surface area contributed by atoms with E-state index < -0.39 is 11.7 Å². The highest BCUT2D eigenvalue weighted by Gasteiger charge is 2.31. The van der Waals surface area contributed by atoms with Gasteiger partial charge in [0, 0.05) is 33.2 Å². The third-order valence-electron chi connectivity index (χ3n) is 9.76. The monoisotopic (exact) mass is 708 g/mol. The lowest BCUT2D eigenvalue weighted by atomic mass is 9.96. The molecule has 0 saturated heterocycles. The Bertz CT molecular complexity index is 2750. The van der Waals surface area contributed by atoms with E-state index in [1.54, 1.807) is 6.07 Å². The minimum absolute atomic E-state index is 0.345. The van der Waals surface area contributed by atoms with Crippen molar-refractivity contribution >= 4 is 21.8 Å². The Hall–Kier alpha value is -6.86. The van der Waals surface area contributed by atoms with Gasteiger partial charge in [0.1, 0.15) is 0 Å². The maximum atomic E-state index is 14.1. The van der Waals surface area contributed by atoms with E-state index in [4.69, 9.17) is 15.0 Å². The molecule has 0 radical (unpaired) electrons. The fourth-order valence-corrected chi connectivity index (χ4v) is 7.07. The topological polar surface area (TPSA) is 43.6 Å². The van der Waals surface area contributed by atoms with E-state index >= 15 is 0 Å². The van der Waals surface area contributed by atoms with E-state index in [2.05, 4.69) is 66.1 Å². The summed E-state index contributed by atoms with van der Waals surface area (Å²) < 4.78 is 44.4. The molecule has 0 N–H and O–H groups in total. The van der Waals surface area contributed by atoms with Crippen molar-refractivity contribution in [2.45, 2.75) is 13.1 Å². The maximum Gasteiger partial charge on any atom is 0.416 e. The van der Waals surface area contributed by atoms with Gasteiger partial charge in [-0.25, -0.2) is 15.0 Å². The minimum atomic E-state index is -4.51. The Morgan fingerprint density at radius 3 is 1.70 bits per heavy atom. The molecule has 0 aliphatic carbocycles. The maximum absolute atomic E-state index is 14.1. The molecule has 260 valence electrons. The molecule has 7 heteroatoms. The molecule has 0 aliphatic heterocycles. The number of aryl methyl sites for hydroxylation is 1. The molecule has 0 saturated carbocycles. The van der Waals surface area contributed by atoms with Crippen molar-refractivity contribution in [1.82, 2.24) is 19.5 Å². The normalized spacial score (nSPS) is 11.7. The Morgan fingerprint density at radius 1 is 0.426 bits per heavy atom. The van der Waals surface area contributed by atoms with Gasteiger partial charge in [0.2, 0.25) is 0 Å². The molecular weight excluding hydrogens is 678 g/mol. The number of hydrogen-bond acceptors (Lipinski definition) is 3. The van der Waals surface area contributed by atoms with E-state index in [9.17, 15) is 13.2 Å². The van der Waals surface area contributed by atoms with Gasteiger partial charge in [0.15, 0.2) is 17.5 Å². The summed E-state index contributed by atoms with van der Waals surface area (Å²) in [5.41, 5.74) is 8.57. The van der Waals surface area contributed by atoms with Crippen LogP contribution in [0.25, 0.3) is 83.9 Å². The van der Waals surface area contributed by atoms with Gasteiger partial charge in [-0.2, -0.15) is 13.2 Å². The van der Waals surface area contributed by atoms with Gasteiger partial charge in [-0.15, -0.1) is 0 Å². The van der Waals surface area contributed by atoms with Gasteiger partial charge in [-0.05, 0) is 65.6 Å². The van der Waals surface area contributed by atoms with Crippen molar-refractivity contribution in [3.63, 3.8) is 0 Å². The van der Waals surface area contributed by atoms with Gasteiger partial charge in [-0.1, -0.05) is 139 Å². The van der Waals surface area contributed by atoms with Crippen LogP contribution in [0, 0.1) is 6.92 Å². The molecule has 0 unspecified atom stereocenters. The van der Waals surface area contributed by atoms with Crippen molar-refractivity contribution in [2.24, 2.45) is 0 Å². The van der Waals surface area contributed by atoms with E-state index in [-0.39, 0.29) is 0 Å². The number of para-hydroxylation sites is 1. The summed E-state index contributed by atoms with van der Waals surface area (Å²) in [6, 6.07) is 53.7. The fraction of sp³-hybridized carbons (Fsp3) is 0.0426. The number of nitrogens with zero attached hydrogens (tertiary/aromatic N) is 4. The molecule has 0 bridgehead atoms. The Kier molecular flexibility index (Phi) is 8.12. The van der Waals surface area contributed by atoms with Gasteiger partial charge >= 0.3 is 6.18 Å². The predicted molar refractivity (Wildman–Crippen MR) is 211 cm³/mol. The highest BCUT2D eigenvalue weighted by atomic mass is 19.4. The summed E-state index contributed by atoms with van der Waals surface area (Å²) in [7, 11) is 0. The number of fused-ring (bicyclic) bond motifs is 3. The third-order valence-corrected chi connectivity index (χ3v) is 9.76. The van der Waals surface area contributed by atoms with Crippen molar-refractivity contribution in [2.75, 3.05) is 0 Å². The third kappa shape index (κ3) is 6.09. The van der Waals surface area contributed by atoms with Gasteiger partial charge in [0.25, 0.3) is 0 Å². The van der Waals surface area contributed by atoms with Crippen LogP contribution in [0.5, 0.6) is 0 Å². The van der Waals surface area contributed by atoms with Crippen molar-refractivity contribution in [3.8, 4) is 62.1 Å². The van der Waals surface area contributed by atoms with Gasteiger partial charge < -0.3 is 4.57 Å². The highest BCUT2D eigenvalue weighted by Crippen LogP contribution is 2.40. The molecule has 4 nitrogen and oxygen atoms in total. The molecule has 0 aliphatic rings. The molecule has 0 fully saturated rings. The van der Waals surface area contributed by atoms with E-state index in [1.807, 2.05) is 91.0 Å². The molecular formula is C47H31F3N4. The number of benzene rings is 7. The van der Waals surface area contributed by atoms with E-state index in [1.165, 1.54) is 17.7 Å². The number of hydrogen-bond donors (Lipinski definition) is 0. The zero-order valence-corrected chi connectivity index (χ0v) is 29.1. The Balaban J connectivity index is 1.33. The first-order chi connectivity index (χ1) is 26.3. The summed E-state index contributed by atoms with van der Waals surface area (Å²) in [6.45, 7) is 2.07. The summed E-state index contributed by atoms with van der Waals surface area (Å²) in [5, 5.41) is 2.17. The van der Waals surface area contributed by atoms with Crippen LogP contribution >= 0.6 is 0 Å². The average molecular weight is 709 g/mol. The number of halogens is 3. The summed E-state index contributed by atoms with van der Waals surface area (Å²) >= 11 is 0. The Labute approximate surface area is 309 Å². The Morgan fingerprint density at radius 2 is 1.02 bits per heavy atom. The first kappa shape index (κ1) is 33.0. The second kappa shape index (κ2) is 13.3. The fourth-order valence-electron chi connectivity index (χ4n) is 7.07. The molecule has 9 rings (SSSR count). The lowest BCUT2D eigenvalue weighted by Crippen LogP contribution is -2.05. The number of alkyl halides is 3. The van der Waals surface area contributed by atoms with Crippen molar-refractivity contribution in [3.05, 3.63) is 181 Å². The van der Waals surface area contributed by atoms with Crippen LogP contribution < -0.4 is 0 Å². The molecule has 2 heterocycles. The van der Waals surface area contributed by atoms with Crippen LogP contribution in [0.4, 0.5) is 13.2 Å². The van der Waals surface area contributed by atoms with Crippen LogP contribution in [0.2, 0.25) is 0 Å². The van der Waals surface area contributed by atoms with Crippen LogP contribution in [-0.4, -0.2) is 19.5 Å². The second-order valence-corrected chi connectivity index (χ2v) is 13.3. The highest BCUT2D eigenvalue weighted by molar-refractivity contribution is 6.10. The smallest absolute Gasteiger partial charge is 0.309 e. The largest absolute Gasteiger partial charge is 0.416 e. The molecule has 0 atom stereocenters. The zero-order valence-electron chi connectivity index (χ0n) is 29.1. The lowest BCUT2D eigenvalue weighted by Gasteiger charge is -2.16. The zero-order chi connectivity index (χ0) is 36.8. The summed E-state index contributed by atoms with van der Waals surface area (Å²) in [5.74, 6) is 1.26. The quantitative estimate of drug-likeness (QED) is 0.173. The molecule has 2 aromatic heterocycles. The lowest BCUT2D eigenvalue weighted by molar-refractivity contribution is -0.137. The van der Waals surface area contributed by atoms with Crippen LogP contribution in [0.3, 0.4) is 0 Å². The number of aromatic nitrogens is 4. The predicted octanol–water partition coefficient (Wildman–Crippen LogP) is 12.6. The van der Waals surface area contributed by atoms with Gasteiger partial charge in [0.05, 0.1) is 16.6 Å². The van der Waals surface area contributed by atoms with E-state index in [0.29, 0.717) is 34.2 Å². The van der Waals surface area contributed by atoms with Crippen LogP contribution in [-0.2, 0) is 6.18 Å². The molecule has 7 aromatic carbocycles. The van der Waals surface area contributed by atoms with Crippen LogP contribution in [0.1, 0.15) is 11.1 Å². The summed E-state index contributed by atoms with van der Waals surface area (Å²) in [6.07, 6.45) is -4.51. The minimum Gasteiger partial charge on any atom is -0.309 e. The summed E-state index contributed by atoms with van der Waals surface area (Å²) in [4.78, 5) is 14.9. The molecule has 0 amide bonds. The average Bonchev–Trinajstić information content (AvgIpc) is 3.55. The van der Waals surface area contributed by atoms with E-state index in [0.717, 1.165) is 55.8 Å². The molecule has 9 aromatic rings. The standard InChI is InChI=1S/C47H31F3N4/c1-30-19-21-31(22-20-30)34-23-25-40-39-17-8-9-18-42(39)54(43(40)28-34)37-24-26-38(35-15-10-16-36(27-35)47(48,49)50)41(29-37)46-52-44(32-11-4-2-5-12-32)51-45(53-46)33-13-6-3-7-14-33/h2-29H,1H3. The van der Waals surface area contributed by atoms with Crippen LogP contribution in [0.15, 0.2) is 170 Å². The van der Waals surface area contributed by atoms with Crippen molar-refractivity contribution < 1.29 is 13.2 Å². The van der Waals surface area contributed by atoms with Crippen molar-refractivity contribution in [1.29, 1.82) is 0 Å².